The van der Waals surface area contributed by atoms with E-state index in [4.69, 9.17) is 5.73 Å². The molecule has 0 fully saturated rings. The van der Waals surface area contributed by atoms with E-state index in [9.17, 15) is 29.4 Å². The Hall–Kier alpha value is -5.01. The lowest BCUT2D eigenvalue weighted by Crippen LogP contribution is -2.59. The molecule has 2 aromatic heterocycles. The van der Waals surface area contributed by atoms with Gasteiger partial charge in [-0.2, -0.15) is 0 Å². The molecule has 0 spiro atoms. The standard InChI is InChI=1S/C30H35N7O6/c1-17(38)26(30(42)43)37-29(41)24(11-18-7-3-2-4-8-18)36-28(40)25(13-20-15-32-16-34-20)35-27(39)22(31)12-19-14-33-23-10-6-5-9-21(19)23/h2-10,14-17,22,24-26,33,38H,11-13,31H2,1H3,(H,32,34)(H,35,39)(H,36,40)(H,37,41)(H,42,43). The first-order chi connectivity index (χ1) is 20.6. The molecular formula is C30H35N7O6. The van der Waals surface area contributed by atoms with E-state index < -0.39 is 54.0 Å². The molecule has 3 amide bonds. The number of aromatic amines is 2. The third-order valence-electron chi connectivity index (χ3n) is 7.03. The highest BCUT2D eigenvalue weighted by Gasteiger charge is 2.32. The summed E-state index contributed by atoms with van der Waals surface area (Å²) < 4.78 is 0. The van der Waals surface area contributed by atoms with Gasteiger partial charge in [-0.1, -0.05) is 48.5 Å². The van der Waals surface area contributed by atoms with Gasteiger partial charge >= 0.3 is 5.97 Å². The van der Waals surface area contributed by atoms with Gasteiger partial charge in [-0.25, -0.2) is 9.78 Å². The number of amides is 3. The molecule has 43 heavy (non-hydrogen) atoms. The number of carboxylic acid groups (broad SMARTS) is 1. The predicted octanol–water partition coefficient (Wildman–Crippen LogP) is 0.166. The SMILES string of the molecule is CC(O)C(NC(=O)C(Cc1ccccc1)NC(=O)C(Cc1cnc[nH]1)NC(=O)C(N)Cc1c[nH]c2ccccc12)C(=O)O. The number of para-hydroxylation sites is 1. The van der Waals surface area contributed by atoms with Crippen LogP contribution in [-0.2, 0) is 38.4 Å². The quantitative estimate of drug-likeness (QED) is 0.101. The number of carboxylic acids is 1. The van der Waals surface area contributed by atoms with Crippen LogP contribution in [0.15, 0.2) is 73.3 Å². The molecule has 0 bridgehead atoms. The highest BCUT2D eigenvalue weighted by Crippen LogP contribution is 2.19. The molecule has 5 unspecified atom stereocenters. The van der Waals surface area contributed by atoms with Gasteiger partial charge in [-0.3, -0.25) is 14.4 Å². The highest BCUT2D eigenvalue weighted by molar-refractivity contribution is 5.94. The zero-order valence-corrected chi connectivity index (χ0v) is 23.5. The Bertz CT molecular complexity index is 1540. The Morgan fingerprint density at radius 2 is 1.51 bits per heavy atom. The Morgan fingerprint density at radius 1 is 0.860 bits per heavy atom. The Kier molecular flexibility index (Phi) is 10.3. The fourth-order valence-electron chi connectivity index (χ4n) is 4.71. The molecule has 5 atom stereocenters. The van der Waals surface area contributed by atoms with Crippen molar-refractivity contribution < 1.29 is 29.4 Å². The van der Waals surface area contributed by atoms with Crippen molar-refractivity contribution in [2.45, 2.75) is 56.5 Å². The Labute approximate surface area is 247 Å². The second-order valence-corrected chi connectivity index (χ2v) is 10.3. The number of rotatable bonds is 14. The lowest BCUT2D eigenvalue weighted by molar-refractivity contribution is -0.145. The Morgan fingerprint density at radius 3 is 2.19 bits per heavy atom. The third-order valence-corrected chi connectivity index (χ3v) is 7.03. The highest BCUT2D eigenvalue weighted by atomic mass is 16.4. The molecule has 2 aromatic carbocycles. The molecule has 226 valence electrons. The number of nitrogens with one attached hydrogen (secondary N) is 5. The molecule has 0 aliphatic carbocycles. The largest absolute Gasteiger partial charge is 0.480 e. The van der Waals surface area contributed by atoms with Crippen molar-refractivity contribution in [3.05, 3.63) is 90.1 Å². The second kappa shape index (κ2) is 14.2. The predicted molar refractivity (Wildman–Crippen MR) is 158 cm³/mol. The molecule has 0 aliphatic rings. The maximum absolute atomic E-state index is 13.6. The van der Waals surface area contributed by atoms with Gasteiger partial charge in [0.15, 0.2) is 6.04 Å². The van der Waals surface area contributed by atoms with Crippen LogP contribution in [-0.4, -0.2) is 79.1 Å². The number of nitrogens with zero attached hydrogens (tertiary/aromatic N) is 1. The van der Waals surface area contributed by atoms with Crippen molar-refractivity contribution in [2.75, 3.05) is 0 Å². The van der Waals surface area contributed by atoms with Gasteiger partial charge in [0.1, 0.15) is 12.1 Å². The van der Waals surface area contributed by atoms with Crippen molar-refractivity contribution >= 4 is 34.6 Å². The van der Waals surface area contributed by atoms with E-state index in [0.29, 0.717) is 11.3 Å². The second-order valence-electron chi connectivity index (χ2n) is 10.3. The van der Waals surface area contributed by atoms with Gasteiger partial charge < -0.3 is 41.9 Å². The lowest BCUT2D eigenvalue weighted by Gasteiger charge is -2.26. The molecule has 4 rings (SSSR count). The number of aliphatic hydroxyl groups excluding tert-OH is 1. The first-order valence-electron chi connectivity index (χ1n) is 13.8. The summed E-state index contributed by atoms with van der Waals surface area (Å²) in [5, 5.41) is 27.9. The van der Waals surface area contributed by atoms with E-state index in [-0.39, 0.29) is 19.3 Å². The summed E-state index contributed by atoms with van der Waals surface area (Å²) in [6.45, 7) is 1.24. The minimum atomic E-state index is -1.59. The van der Waals surface area contributed by atoms with Crippen LogP contribution >= 0.6 is 0 Å². The average Bonchev–Trinajstić information content (AvgIpc) is 3.65. The fourth-order valence-corrected chi connectivity index (χ4v) is 4.71. The number of hydrogen-bond donors (Lipinski definition) is 8. The number of nitrogens with two attached hydrogens (primary N) is 1. The van der Waals surface area contributed by atoms with E-state index in [1.165, 1.54) is 19.4 Å². The third kappa shape index (κ3) is 8.27. The lowest BCUT2D eigenvalue weighted by atomic mass is 10.0. The maximum Gasteiger partial charge on any atom is 0.328 e. The molecule has 2 heterocycles. The van der Waals surface area contributed by atoms with Crippen molar-refractivity contribution in [3.63, 3.8) is 0 Å². The molecule has 9 N–H and O–H groups in total. The van der Waals surface area contributed by atoms with Crippen molar-refractivity contribution in [1.82, 2.24) is 30.9 Å². The number of aliphatic carboxylic acids is 1. The molecular weight excluding hydrogens is 554 g/mol. The number of carbonyl (C=O) groups excluding carboxylic acids is 3. The van der Waals surface area contributed by atoms with Crippen LogP contribution in [0.3, 0.4) is 0 Å². The molecule has 13 nitrogen and oxygen atoms in total. The average molecular weight is 590 g/mol. The number of aliphatic hydroxyl groups is 1. The van der Waals surface area contributed by atoms with Crippen molar-refractivity contribution in [2.24, 2.45) is 5.73 Å². The number of fused-ring (bicyclic) bond motifs is 1. The number of benzene rings is 2. The van der Waals surface area contributed by atoms with E-state index in [2.05, 4.69) is 30.9 Å². The van der Waals surface area contributed by atoms with Gasteiger partial charge in [0.2, 0.25) is 17.7 Å². The topological polar surface area (TPSA) is 215 Å². The number of hydrogen-bond acceptors (Lipinski definition) is 7. The van der Waals surface area contributed by atoms with E-state index in [1.54, 1.807) is 36.5 Å². The van der Waals surface area contributed by atoms with E-state index >= 15 is 0 Å². The number of carbonyl (C=O) groups is 4. The van der Waals surface area contributed by atoms with Gasteiger partial charge in [-0.15, -0.1) is 0 Å². The molecule has 0 saturated carbocycles. The van der Waals surface area contributed by atoms with Gasteiger partial charge in [0.25, 0.3) is 0 Å². The van der Waals surface area contributed by atoms with Crippen molar-refractivity contribution in [3.8, 4) is 0 Å². The van der Waals surface area contributed by atoms with Crippen LogP contribution < -0.4 is 21.7 Å². The van der Waals surface area contributed by atoms with Crippen LogP contribution in [0, 0.1) is 0 Å². The molecule has 13 heteroatoms. The van der Waals surface area contributed by atoms with Crippen LogP contribution in [0.5, 0.6) is 0 Å². The molecule has 4 aromatic rings. The zero-order valence-electron chi connectivity index (χ0n) is 23.5. The molecule has 0 aliphatic heterocycles. The van der Waals surface area contributed by atoms with Gasteiger partial charge in [0, 0.05) is 41.8 Å². The molecule has 0 radical (unpaired) electrons. The minimum Gasteiger partial charge on any atom is -0.480 e. The smallest absolute Gasteiger partial charge is 0.328 e. The van der Waals surface area contributed by atoms with Gasteiger partial charge in [0.05, 0.1) is 18.5 Å². The Balaban J connectivity index is 1.52. The zero-order chi connectivity index (χ0) is 30.9. The van der Waals surface area contributed by atoms with Crippen molar-refractivity contribution in [1.29, 1.82) is 0 Å². The summed E-state index contributed by atoms with van der Waals surface area (Å²) in [5.41, 5.74) is 9.26. The first kappa shape index (κ1) is 30.9. The summed E-state index contributed by atoms with van der Waals surface area (Å²) in [6, 6.07) is 11.5. The number of aromatic nitrogens is 3. The van der Waals surface area contributed by atoms with Crippen LogP contribution in [0.4, 0.5) is 0 Å². The van der Waals surface area contributed by atoms with Crippen LogP contribution in [0.1, 0.15) is 23.7 Å². The minimum absolute atomic E-state index is 0.0163. The number of H-pyrrole nitrogens is 2. The monoisotopic (exact) mass is 589 g/mol. The summed E-state index contributed by atoms with van der Waals surface area (Å²) in [6.07, 6.45) is 3.59. The van der Waals surface area contributed by atoms with Crippen LogP contribution in [0.25, 0.3) is 10.9 Å². The maximum atomic E-state index is 13.6. The van der Waals surface area contributed by atoms with Crippen LogP contribution in [0.2, 0.25) is 0 Å². The summed E-state index contributed by atoms with van der Waals surface area (Å²) in [7, 11) is 0. The summed E-state index contributed by atoms with van der Waals surface area (Å²) in [5.74, 6) is -3.51. The number of imidazole rings is 1. The molecule has 0 saturated heterocycles. The fraction of sp³-hybridized carbons (Fsp3) is 0.300. The van der Waals surface area contributed by atoms with Gasteiger partial charge in [-0.05, 0) is 30.5 Å². The van der Waals surface area contributed by atoms with E-state index in [1.807, 2.05) is 24.3 Å². The summed E-state index contributed by atoms with van der Waals surface area (Å²) in [4.78, 5) is 61.7. The van der Waals surface area contributed by atoms with E-state index in [0.717, 1.165) is 16.5 Å². The normalized spacial score (nSPS) is 14.7. The first-order valence-corrected chi connectivity index (χ1v) is 13.8. The summed E-state index contributed by atoms with van der Waals surface area (Å²) >= 11 is 0.